The van der Waals surface area contributed by atoms with Gasteiger partial charge in [-0.25, -0.2) is 4.79 Å². The van der Waals surface area contributed by atoms with Gasteiger partial charge in [-0.3, -0.25) is 0 Å². The molecule has 1 amide bonds. The molecule has 2 aliphatic rings. The summed E-state index contributed by atoms with van der Waals surface area (Å²) in [5.74, 6) is 0.274. The van der Waals surface area contributed by atoms with Crippen molar-refractivity contribution in [3.63, 3.8) is 0 Å². The number of aromatic nitrogens is 1. The third kappa shape index (κ3) is 2.59. The number of H-pyrrole nitrogens is 1. The summed E-state index contributed by atoms with van der Waals surface area (Å²) in [6.45, 7) is 5.46. The van der Waals surface area contributed by atoms with Crippen molar-refractivity contribution in [2.24, 2.45) is 0 Å². The average molecular weight is 313 g/mol. The lowest BCUT2D eigenvalue weighted by molar-refractivity contribution is 0.0316. The number of hydrogen-bond acceptors (Lipinski definition) is 3. The van der Waals surface area contributed by atoms with Gasteiger partial charge in [0.05, 0.1) is 6.54 Å². The zero-order valence-electron chi connectivity index (χ0n) is 13.5. The van der Waals surface area contributed by atoms with Gasteiger partial charge in [0.2, 0.25) is 0 Å². The van der Waals surface area contributed by atoms with E-state index < -0.39 is 0 Å². The minimum atomic E-state index is -0.262. The number of carbonyl (C=O) groups excluding carboxylic acids is 1. The Bertz CT molecular complexity index is 718. The number of rotatable bonds is 3. The second-order valence-electron chi connectivity index (χ2n) is 6.87. The number of carbonyl (C=O) groups is 1. The van der Waals surface area contributed by atoms with Crippen molar-refractivity contribution in [1.29, 1.82) is 0 Å². The van der Waals surface area contributed by atoms with Gasteiger partial charge in [-0.15, -0.1) is 0 Å². The second kappa shape index (κ2) is 5.57. The highest BCUT2D eigenvalue weighted by molar-refractivity contribution is 5.83. The number of nitrogens with zero attached hydrogens (tertiary/aromatic N) is 1. The van der Waals surface area contributed by atoms with Crippen LogP contribution >= 0.6 is 0 Å². The van der Waals surface area contributed by atoms with Crippen LogP contribution < -0.4 is 5.32 Å². The van der Waals surface area contributed by atoms with Crippen LogP contribution in [0.3, 0.4) is 0 Å². The van der Waals surface area contributed by atoms with E-state index in [0.29, 0.717) is 6.54 Å². The first-order valence-electron chi connectivity index (χ1n) is 8.42. The Kier molecular flexibility index (Phi) is 3.53. The molecule has 4 rings (SSSR count). The lowest BCUT2D eigenvalue weighted by Gasteiger charge is -2.31. The lowest BCUT2D eigenvalue weighted by Crippen LogP contribution is -2.45. The van der Waals surface area contributed by atoms with Gasteiger partial charge in [0.15, 0.2) is 0 Å². The van der Waals surface area contributed by atoms with Crippen LogP contribution in [0.4, 0.5) is 4.79 Å². The highest BCUT2D eigenvalue weighted by Crippen LogP contribution is 2.33. The van der Waals surface area contributed by atoms with Gasteiger partial charge in [0.1, 0.15) is 5.60 Å². The first-order chi connectivity index (χ1) is 11.2. The summed E-state index contributed by atoms with van der Waals surface area (Å²) in [6, 6.07) is 8.31. The van der Waals surface area contributed by atoms with Gasteiger partial charge < -0.3 is 19.9 Å². The van der Waals surface area contributed by atoms with E-state index in [1.54, 1.807) is 0 Å². The Morgan fingerprint density at radius 2 is 2.09 bits per heavy atom. The number of nitrogens with one attached hydrogen (secondary N) is 2. The molecule has 122 valence electrons. The number of fused-ring (bicyclic) bond motifs is 1. The van der Waals surface area contributed by atoms with Gasteiger partial charge in [0, 0.05) is 42.4 Å². The molecule has 1 atom stereocenters. The highest BCUT2D eigenvalue weighted by Gasteiger charge is 2.45. The molecule has 1 aromatic carbocycles. The molecule has 0 bridgehead atoms. The van der Waals surface area contributed by atoms with Crippen LogP contribution in [0, 0.1) is 0 Å². The summed E-state index contributed by atoms with van der Waals surface area (Å²) in [5.41, 5.74) is 2.15. The monoisotopic (exact) mass is 313 g/mol. The van der Waals surface area contributed by atoms with Crippen LogP contribution in [-0.4, -0.2) is 47.8 Å². The summed E-state index contributed by atoms with van der Waals surface area (Å²) >= 11 is 0. The lowest BCUT2D eigenvalue weighted by atomic mass is 9.92. The van der Waals surface area contributed by atoms with Gasteiger partial charge in [0.25, 0.3) is 0 Å². The Morgan fingerprint density at radius 1 is 1.30 bits per heavy atom. The Hall–Kier alpha value is -2.01. The van der Waals surface area contributed by atoms with E-state index in [-0.39, 0.29) is 17.6 Å². The Morgan fingerprint density at radius 3 is 2.91 bits per heavy atom. The normalized spacial score (nSPS) is 21.8. The van der Waals surface area contributed by atoms with Crippen LogP contribution in [0.25, 0.3) is 10.9 Å². The van der Waals surface area contributed by atoms with Crippen molar-refractivity contribution in [1.82, 2.24) is 15.2 Å². The van der Waals surface area contributed by atoms with Gasteiger partial charge in [-0.05, 0) is 24.7 Å². The van der Waals surface area contributed by atoms with E-state index in [2.05, 4.69) is 41.6 Å². The van der Waals surface area contributed by atoms with E-state index in [4.69, 9.17) is 4.74 Å². The smallest absolute Gasteiger partial charge is 0.410 e. The van der Waals surface area contributed by atoms with E-state index in [0.717, 1.165) is 38.0 Å². The largest absolute Gasteiger partial charge is 0.441 e. The van der Waals surface area contributed by atoms with Crippen LogP contribution in [0.15, 0.2) is 30.5 Å². The molecule has 2 fully saturated rings. The van der Waals surface area contributed by atoms with Crippen molar-refractivity contribution in [3.05, 3.63) is 36.0 Å². The molecule has 23 heavy (non-hydrogen) atoms. The van der Waals surface area contributed by atoms with Crippen molar-refractivity contribution in [2.75, 3.05) is 26.2 Å². The summed E-state index contributed by atoms with van der Waals surface area (Å²) in [7, 11) is 0. The number of ether oxygens (including phenoxy) is 1. The number of para-hydroxylation sites is 1. The molecule has 2 aromatic rings. The highest BCUT2D eigenvalue weighted by atomic mass is 16.6. The Labute approximate surface area is 136 Å². The maximum Gasteiger partial charge on any atom is 0.410 e. The van der Waals surface area contributed by atoms with Crippen LogP contribution in [0.5, 0.6) is 0 Å². The molecule has 0 saturated carbocycles. The molecule has 2 N–H and O–H groups in total. The molecule has 1 aromatic heterocycles. The average Bonchev–Trinajstić information content (AvgIpc) is 3.10. The Balaban J connectivity index is 1.50. The molecule has 3 heterocycles. The third-order valence-electron chi connectivity index (χ3n) is 5.20. The van der Waals surface area contributed by atoms with E-state index in [9.17, 15) is 4.79 Å². The zero-order valence-corrected chi connectivity index (χ0v) is 13.5. The maximum absolute atomic E-state index is 12.3. The first-order valence-corrected chi connectivity index (χ1v) is 8.42. The fourth-order valence-corrected chi connectivity index (χ4v) is 3.91. The molecule has 5 nitrogen and oxygen atoms in total. The van der Waals surface area contributed by atoms with Gasteiger partial charge >= 0.3 is 6.09 Å². The van der Waals surface area contributed by atoms with Crippen molar-refractivity contribution >= 4 is 17.0 Å². The predicted octanol–water partition coefficient (Wildman–Crippen LogP) is 2.85. The van der Waals surface area contributed by atoms with Crippen molar-refractivity contribution in [3.8, 4) is 0 Å². The third-order valence-corrected chi connectivity index (χ3v) is 5.20. The number of amides is 1. The molecule has 1 unspecified atom stereocenters. The second-order valence-corrected chi connectivity index (χ2v) is 6.87. The SMILES string of the molecule is CC(CN1CC2(CCNCC2)OC1=O)c1c[nH]c2ccccc12. The number of hydrogen-bond donors (Lipinski definition) is 2. The van der Waals surface area contributed by atoms with Gasteiger partial charge in [-0.1, -0.05) is 25.1 Å². The van der Waals surface area contributed by atoms with Crippen LogP contribution in [0.1, 0.15) is 31.2 Å². The van der Waals surface area contributed by atoms with Crippen LogP contribution in [0.2, 0.25) is 0 Å². The quantitative estimate of drug-likeness (QED) is 0.916. The summed E-state index contributed by atoms with van der Waals surface area (Å²) < 4.78 is 5.75. The summed E-state index contributed by atoms with van der Waals surface area (Å²) in [5, 5.41) is 4.57. The molecule has 1 spiro atoms. The molecule has 2 aliphatic heterocycles. The van der Waals surface area contributed by atoms with E-state index >= 15 is 0 Å². The first kappa shape index (κ1) is 14.6. The maximum atomic E-state index is 12.3. The topological polar surface area (TPSA) is 57.4 Å². The van der Waals surface area contributed by atoms with Crippen LogP contribution in [-0.2, 0) is 4.74 Å². The van der Waals surface area contributed by atoms with Crippen molar-refractivity contribution < 1.29 is 9.53 Å². The standard InChI is InChI=1S/C18H23N3O2/c1-13(15-10-20-16-5-3-2-4-14(15)16)11-21-12-18(23-17(21)22)6-8-19-9-7-18/h2-5,10,13,19-20H,6-9,11-12H2,1H3. The predicted molar refractivity (Wildman–Crippen MR) is 89.6 cm³/mol. The van der Waals surface area contributed by atoms with Crippen molar-refractivity contribution in [2.45, 2.75) is 31.3 Å². The fourth-order valence-electron chi connectivity index (χ4n) is 3.91. The molecular weight excluding hydrogens is 290 g/mol. The van der Waals surface area contributed by atoms with E-state index in [1.165, 1.54) is 10.9 Å². The summed E-state index contributed by atoms with van der Waals surface area (Å²) in [4.78, 5) is 17.5. The molecule has 2 saturated heterocycles. The molecule has 5 heteroatoms. The number of benzene rings is 1. The van der Waals surface area contributed by atoms with Gasteiger partial charge in [-0.2, -0.15) is 0 Å². The minimum absolute atomic E-state index is 0.154. The molecule has 0 aliphatic carbocycles. The fraction of sp³-hybridized carbons (Fsp3) is 0.500. The number of piperidine rings is 1. The summed E-state index contributed by atoms with van der Waals surface area (Å²) in [6.07, 6.45) is 3.74. The molecular formula is C18H23N3O2. The molecule has 0 radical (unpaired) electrons. The minimum Gasteiger partial charge on any atom is -0.441 e. The zero-order chi connectivity index (χ0) is 15.9. The van der Waals surface area contributed by atoms with E-state index in [1.807, 2.05) is 11.0 Å². The number of aromatic amines is 1.